The molecule has 0 aliphatic carbocycles. The smallest absolute Gasteiger partial charge is 0.164 e. The number of morpholine rings is 1. The van der Waals surface area contributed by atoms with Gasteiger partial charge in [0.1, 0.15) is 6.61 Å². The van der Waals surface area contributed by atoms with Gasteiger partial charge in [0.2, 0.25) is 0 Å². The molecule has 0 unspecified atom stereocenters. The van der Waals surface area contributed by atoms with Crippen molar-refractivity contribution in [1.82, 2.24) is 4.90 Å². The van der Waals surface area contributed by atoms with E-state index >= 15 is 0 Å². The molecule has 1 aliphatic rings. The molecule has 4 nitrogen and oxygen atoms in total. The molecule has 0 atom stereocenters. The van der Waals surface area contributed by atoms with E-state index in [0.29, 0.717) is 6.61 Å². The molecule has 1 saturated heterocycles. The highest BCUT2D eigenvalue weighted by molar-refractivity contribution is 5.46. The minimum absolute atomic E-state index is 0.553. The van der Waals surface area contributed by atoms with Gasteiger partial charge in [-0.2, -0.15) is 0 Å². The molecule has 0 spiro atoms. The number of hydrogen-bond donors (Lipinski definition) is 0. The fraction of sp³-hybridized carbons (Fsp3) is 0.455. The molecular formula is C22H29NO3. The van der Waals surface area contributed by atoms with Gasteiger partial charge in [0, 0.05) is 13.1 Å². The standard InChI is InChI=1S/C22H29NO3/c1-18-8-10-19(11-9-18)17-26-22-20(5-3-7-21(22)24-2)6-4-12-23-13-15-25-16-14-23/h3,5,7-11H,4,6,12-17H2,1-2H3. The number of hydrogen-bond acceptors (Lipinski definition) is 4. The van der Waals surface area contributed by atoms with Crippen molar-refractivity contribution in [3.63, 3.8) is 0 Å². The predicted molar refractivity (Wildman–Crippen MR) is 104 cm³/mol. The number of para-hydroxylation sites is 1. The fourth-order valence-electron chi connectivity index (χ4n) is 3.24. The molecule has 0 radical (unpaired) electrons. The van der Waals surface area contributed by atoms with Crippen molar-refractivity contribution in [2.75, 3.05) is 40.0 Å². The van der Waals surface area contributed by atoms with Gasteiger partial charge in [-0.25, -0.2) is 0 Å². The molecule has 0 N–H and O–H groups in total. The Balaban J connectivity index is 1.62. The van der Waals surface area contributed by atoms with Gasteiger partial charge < -0.3 is 14.2 Å². The summed E-state index contributed by atoms with van der Waals surface area (Å²) in [5.74, 6) is 1.68. The van der Waals surface area contributed by atoms with E-state index in [1.165, 1.54) is 16.7 Å². The SMILES string of the molecule is COc1cccc(CCCN2CCOCC2)c1OCc1ccc(C)cc1. The van der Waals surface area contributed by atoms with E-state index in [-0.39, 0.29) is 0 Å². The Hall–Kier alpha value is -2.04. The lowest BCUT2D eigenvalue weighted by atomic mass is 10.1. The van der Waals surface area contributed by atoms with Crippen molar-refractivity contribution in [2.45, 2.75) is 26.4 Å². The maximum absolute atomic E-state index is 6.17. The lowest BCUT2D eigenvalue weighted by molar-refractivity contribution is 0.0374. The van der Waals surface area contributed by atoms with E-state index in [4.69, 9.17) is 14.2 Å². The summed E-state index contributed by atoms with van der Waals surface area (Å²) in [5.41, 5.74) is 3.64. The molecule has 1 heterocycles. The zero-order valence-electron chi connectivity index (χ0n) is 15.9. The third kappa shape index (κ3) is 5.23. The van der Waals surface area contributed by atoms with Crippen LogP contribution in [0, 0.1) is 6.92 Å². The van der Waals surface area contributed by atoms with Crippen LogP contribution < -0.4 is 9.47 Å². The van der Waals surface area contributed by atoms with Crippen molar-refractivity contribution < 1.29 is 14.2 Å². The zero-order valence-corrected chi connectivity index (χ0v) is 15.9. The first-order valence-electron chi connectivity index (χ1n) is 9.40. The van der Waals surface area contributed by atoms with Crippen molar-refractivity contribution in [3.8, 4) is 11.5 Å². The van der Waals surface area contributed by atoms with Crippen molar-refractivity contribution >= 4 is 0 Å². The Kier molecular flexibility index (Phi) is 6.92. The fourth-order valence-corrected chi connectivity index (χ4v) is 3.24. The van der Waals surface area contributed by atoms with Gasteiger partial charge in [-0.15, -0.1) is 0 Å². The lowest BCUT2D eigenvalue weighted by Crippen LogP contribution is -2.36. The monoisotopic (exact) mass is 355 g/mol. The molecule has 0 saturated carbocycles. The lowest BCUT2D eigenvalue weighted by Gasteiger charge is -2.26. The van der Waals surface area contributed by atoms with Crippen LogP contribution in [0.2, 0.25) is 0 Å². The molecule has 2 aromatic rings. The summed E-state index contributed by atoms with van der Waals surface area (Å²) < 4.78 is 17.1. The third-order valence-corrected chi connectivity index (χ3v) is 4.81. The highest BCUT2D eigenvalue weighted by Gasteiger charge is 2.13. The van der Waals surface area contributed by atoms with E-state index in [0.717, 1.165) is 57.2 Å². The van der Waals surface area contributed by atoms with E-state index in [1.807, 2.05) is 12.1 Å². The average molecular weight is 355 g/mol. The third-order valence-electron chi connectivity index (χ3n) is 4.81. The van der Waals surface area contributed by atoms with Crippen LogP contribution in [-0.4, -0.2) is 44.9 Å². The number of benzene rings is 2. The van der Waals surface area contributed by atoms with Crippen LogP contribution >= 0.6 is 0 Å². The molecule has 3 rings (SSSR count). The second-order valence-corrected chi connectivity index (χ2v) is 6.78. The quantitative estimate of drug-likeness (QED) is 0.720. The summed E-state index contributed by atoms with van der Waals surface area (Å²) in [6, 6.07) is 14.6. The molecule has 4 heteroatoms. The summed E-state index contributed by atoms with van der Waals surface area (Å²) in [5, 5.41) is 0. The minimum Gasteiger partial charge on any atom is -0.493 e. The Morgan fingerprint density at radius 2 is 1.81 bits per heavy atom. The van der Waals surface area contributed by atoms with Crippen molar-refractivity contribution in [1.29, 1.82) is 0 Å². The molecular weight excluding hydrogens is 326 g/mol. The molecule has 0 aromatic heterocycles. The van der Waals surface area contributed by atoms with Crippen LogP contribution in [0.3, 0.4) is 0 Å². The van der Waals surface area contributed by atoms with Gasteiger partial charge in [-0.05, 0) is 43.5 Å². The van der Waals surface area contributed by atoms with E-state index in [9.17, 15) is 0 Å². The number of rotatable bonds is 8. The summed E-state index contributed by atoms with van der Waals surface area (Å²) in [6.07, 6.45) is 2.09. The first-order chi connectivity index (χ1) is 12.8. The number of methoxy groups -OCH3 is 1. The van der Waals surface area contributed by atoms with Crippen molar-refractivity contribution in [2.24, 2.45) is 0 Å². The van der Waals surface area contributed by atoms with Gasteiger partial charge in [0.15, 0.2) is 11.5 Å². The van der Waals surface area contributed by atoms with Crippen molar-refractivity contribution in [3.05, 3.63) is 59.2 Å². The second-order valence-electron chi connectivity index (χ2n) is 6.78. The van der Waals surface area contributed by atoms with E-state index < -0.39 is 0 Å². The van der Waals surface area contributed by atoms with Gasteiger partial charge >= 0.3 is 0 Å². The van der Waals surface area contributed by atoms with Gasteiger partial charge in [0.05, 0.1) is 20.3 Å². The predicted octanol–water partition coefficient (Wildman–Crippen LogP) is 3.85. The van der Waals surface area contributed by atoms with Crippen LogP contribution in [0.15, 0.2) is 42.5 Å². The highest BCUT2D eigenvalue weighted by atomic mass is 16.5. The zero-order chi connectivity index (χ0) is 18.2. The topological polar surface area (TPSA) is 30.9 Å². The highest BCUT2D eigenvalue weighted by Crippen LogP contribution is 2.32. The molecule has 0 bridgehead atoms. The van der Waals surface area contributed by atoms with Crippen LogP contribution in [0.25, 0.3) is 0 Å². The Bertz CT molecular complexity index is 678. The van der Waals surface area contributed by atoms with Gasteiger partial charge in [-0.1, -0.05) is 42.0 Å². The second kappa shape index (κ2) is 9.60. The molecule has 2 aromatic carbocycles. The number of ether oxygens (including phenoxy) is 3. The number of aryl methyl sites for hydroxylation is 2. The minimum atomic E-state index is 0.553. The Labute approximate surface area is 156 Å². The van der Waals surface area contributed by atoms with E-state index in [2.05, 4.69) is 42.2 Å². The van der Waals surface area contributed by atoms with Gasteiger partial charge in [0.25, 0.3) is 0 Å². The van der Waals surface area contributed by atoms with Crippen LogP contribution in [0.4, 0.5) is 0 Å². The molecule has 1 aliphatic heterocycles. The maximum atomic E-state index is 6.17. The first-order valence-corrected chi connectivity index (χ1v) is 9.40. The molecule has 140 valence electrons. The Morgan fingerprint density at radius 1 is 1.04 bits per heavy atom. The maximum Gasteiger partial charge on any atom is 0.164 e. The molecule has 0 amide bonds. The van der Waals surface area contributed by atoms with Crippen LogP contribution in [-0.2, 0) is 17.8 Å². The largest absolute Gasteiger partial charge is 0.493 e. The molecule has 26 heavy (non-hydrogen) atoms. The molecule has 1 fully saturated rings. The van der Waals surface area contributed by atoms with Gasteiger partial charge in [-0.3, -0.25) is 4.90 Å². The first kappa shape index (κ1) is 18.7. The normalized spacial score (nSPS) is 15.0. The van der Waals surface area contributed by atoms with Crippen LogP contribution in [0.1, 0.15) is 23.1 Å². The Morgan fingerprint density at radius 3 is 2.54 bits per heavy atom. The summed E-state index contributed by atoms with van der Waals surface area (Å²) in [7, 11) is 1.70. The summed E-state index contributed by atoms with van der Waals surface area (Å²) in [4.78, 5) is 2.47. The van der Waals surface area contributed by atoms with E-state index in [1.54, 1.807) is 7.11 Å². The summed E-state index contributed by atoms with van der Waals surface area (Å²) in [6.45, 7) is 7.52. The number of nitrogens with zero attached hydrogens (tertiary/aromatic N) is 1. The average Bonchev–Trinajstić information content (AvgIpc) is 2.69. The summed E-state index contributed by atoms with van der Waals surface area (Å²) >= 11 is 0. The van der Waals surface area contributed by atoms with Crippen LogP contribution in [0.5, 0.6) is 11.5 Å².